The highest BCUT2D eigenvalue weighted by Gasteiger charge is 2.30. The van der Waals surface area contributed by atoms with Gasteiger partial charge in [0.2, 0.25) is 0 Å². The minimum Gasteiger partial charge on any atom is -0.507 e. The number of benzene rings is 1. The number of allylic oxidation sites excluding steroid dienone is 2. The fourth-order valence-electron chi connectivity index (χ4n) is 2.51. The van der Waals surface area contributed by atoms with Gasteiger partial charge in [-0.3, -0.25) is 4.79 Å². The highest BCUT2D eigenvalue weighted by atomic mass is 16.3. The maximum atomic E-state index is 11.0. The first-order chi connectivity index (χ1) is 8.27. The molecule has 0 bridgehead atoms. The molecule has 0 aromatic heterocycles. The molecule has 1 unspecified atom stereocenters. The number of para-hydroxylation sites is 1. The van der Waals surface area contributed by atoms with Gasteiger partial charge in [-0.05, 0) is 36.0 Å². The van der Waals surface area contributed by atoms with Gasteiger partial charge in [-0.25, -0.2) is 0 Å². The summed E-state index contributed by atoms with van der Waals surface area (Å²) in [7, 11) is 0. The summed E-state index contributed by atoms with van der Waals surface area (Å²) in [5.41, 5.74) is 2.75. The molecule has 17 heavy (non-hydrogen) atoms. The van der Waals surface area contributed by atoms with Crippen LogP contribution in [0.3, 0.4) is 0 Å². The Morgan fingerprint density at radius 1 is 1.41 bits per heavy atom. The minimum atomic E-state index is 0.281. The van der Waals surface area contributed by atoms with E-state index in [0.717, 1.165) is 35.8 Å². The van der Waals surface area contributed by atoms with Crippen molar-refractivity contribution >= 4 is 11.9 Å². The molecule has 0 spiro atoms. The van der Waals surface area contributed by atoms with Gasteiger partial charge in [-0.2, -0.15) is 0 Å². The molecule has 0 radical (unpaired) electrons. The monoisotopic (exact) mass is 230 g/mol. The average Bonchev–Trinajstić information content (AvgIpc) is 2.31. The summed E-state index contributed by atoms with van der Waals surface area (Å²) in [6.45, 7) is 2.17. The Balaban J connectivity index is 2.28. The Kier molecular flexibility index (Phi) is 3.62. The van der Waals surface area contributed by atoms with Crippen molar-refractivity contribution in [1.82, 2.24) is 0 Å². The maximum Gasteiger partial charge on any atom is 0.146 e. The molecule has 2 nitrogen and oxygen atoms in total. The van der Waals surface area contributed by atoms with Crippen molar-refractivity contribution in [2.75, 3.05) is 0 Å². The molecular weight excluding hydrogens is 212 g/mol. The number of aldehydes is 1. The van der Waals surface area contributed by atoms with Crippen molar-refractivity contribution in [2.24, 2.45) is 5.92 Å². The molecule has 2 heteroatoms. The zero-order valence-electron chi connectivity index (χ0n) is 10.1. The summed E-state index contributed by atoms with van der Waals surface area (Å²) in [5, 5.41) is 9.85. The first kappa shape index (κ1) is 11.9. The summed E-state index contributed by atoms with van der Waals surface area (Å²) in [6, 6.07) is 7.28. The topological polar surface area (TPSA) is 37.3 Å². The van der Waals surface area contributed by atoms with Crippen molar-refractivity contribution in [2.45, 2.75) is 32.6 Å². The van der Waals surface area contributed by atoms with E-state index in [1.165, 1.54) is 12.8 Å². The van der Waals surface area contributed by atoms with Gasteiger partial charge >= 0.3 is 0 Å². The molecule has 1 aromatic carbocycles. The highest BCUT2D eigenvalue weighted by Crippen LogP contribution is 2.46. The fraction of sp³-hybridized carbons (Fsp3) is 0.400. The molecule has 0 fully saturated rings. The molecule has 0 aliphatic heterocycles. The quantitative estimate of drug-likeness (QED) is 0.785. The predicted molar refractivity (Wildman–Crippen MR) is 68.7 cm³/mol. The van der Waals surface area contributed by atoms with Crippen molar-refractivity contribution < 1.29 is 9.90 Å². The van der Waals surface area contributed by atoms with Crippen LogP contribution in [0.25, 0.3) is 5.57 Å². The number of phenols is 1. The first-order valence-corrected chi connectivity index (χ1v) is 6.24. The highest BCUT2D eigenvalue weighted by molar-refractivity contribution is 5.94. The van der Waals surface area contributed by atoms with Crippen molar-refractivity contribution in [3.8, 4) is 5.75 Å². The van der Waals surface area contributed by atoms with E-state index < -0.39 is 0 Å². The summed E-state index contributed by atoms with van der Waals surface area (Å²) in [4.78, 5) is 11.0. The number of hydrogen-bond donors (Lipinski definition) is 1. The van der Waals surface area contributed by atoms with E-state index in [0.29, 0.717) is 5.92 Å². The minimum absolute atomic E-state index is 0.281. The number of aromatic hydroxyl groups is 1. The third-order valence-electron chi connectivity index (χ3n) is 3.46. The number of unbranched alkanes of at least 4 members (excludes halogenated alkanes) is 1. The molecule has 0 amide bonds. The van der Waals surface area contributed by atoms with Crippen molar-refractivity contribution in [3.05, 3.63) is 35.4 Å². The number of rotatable bonds is 5. The van der Waals surface area contributed by atoms with Crippen LogP contribution in [0, 0.1) is 5.92 Å². The smallest absolute Gasteiger partial charge is 0.146 e. The van der Waals surface area contributed by atoms with Gasteiger partial charge in [0, 0.05) is 5.56 Å². The Morgan fingerprint density at radius 3 is 2.82 bits per heavy atom. The summed E-state index contributed by atoms with van der Waals surface area (Å²) >= 11 is 0. The van der Waals surface area contributed by atoms with E-state index >= 15 is 0 Å². The number of carbonyl (C=O) groups excluding carboxylic acids is 1. The number of phenolic OH excluding ortho intramolecular Hbond substituents is 1. The zero-order chi connectivity index (χ0) is 12.3. The number of hydrogen-bond acceptors (Lipinski definition) is 2. The maximum absolute atomic E-state index is 11.0. The van der Waals surface area contributed by atoms with E-state index in [1.54, 1.807) is 12.1 Å². The van der Waals surface area contributed by atoms with Crippen LogP contribution in [-0.2, 0) is 4.79 Å². The largest absolute Gasteiger partial charge is 0.507 e. The van der Waals surface area contributed by atoms with Crippen molar-refractivity contribution in [3.63, 3.8) is 0 Å². The zero-order valence-corrected chi connectivity index (χ0v) is 10.1. The van der Waals surface area contributed by atoms with Gasteiger partial charge in [-0.15, -0.1) is 0 Å². The Labute approximate surface area is 102 Å². The summed E-state index contributed by atoms with van der Waals surface area (Å²) in [5.74, 6) is 0.728. The van der Waals surface area contributed by atoms with Crippen LogP contribution < -0.4 is 0 Å². The van der Waals surface area contributed by atoms with Crippen LogP contribution >= 0.6 is 0 Å². The molecule has 0 saturated carbocycles. The predicted octanol–water partition coefficient (Wildman–Crippen LogP) is 3.55. The first-order valence-electron chi connectivity index (χ1n) is 6.24. The van der Waals surface area contributed by atoms with Crippen LogP contribution in [-0.4, -0.2) is 11.4 Å². The number of carbonyl (C=O) groups is 1. The molecule has 1 aliphatic carbocycles. The second kappa shape index (κ2) is 5.17. The SMILES string of the molecule is CCCCC1CC(C=O)=C1c1ccccc1O. The molecule has 1 atom stereocenters. The van der Waals surface area contributed by atoms with Gasteiger partial charge in [0.05, 0.1) is 0 Å². The van der Waals surface area contributed by atoms with Gasteiger partial charge in [0.1, 0.15) is 12.0 Å². The Bertz CT molecular complexity index is 446. The second-order valence-corrected chi connectivity index (χ2v) is 4.62. The van der Waals surface area contributed by atoms with Crippen LogP contribution in [0.15, 0.2) is 29.8 Å². The lowest BCUT2D eigenvalue weighted by atomic mass is 9.72. The average molecular weight is 230 g/mol. The molecule has 1 N–H and O–H groups in total. The Morgan fingerprint density at radius 2 is 2.18 bits per heavy atom. The van der Waals surface area contributed by atoms with E-state index in [9.17, 15) is 9.90 Å². The van der Waals surface area contributed by atoms with Gasteiger partial charge in [0.25, 0.3) is 0 Å². The molecule has 2 rings (SSSR count). The van der Waals surface area contributed by atoms with Crippen LogP contribution in [0.1, 0.15) is 38.2 Å². The second-order valence-electron chi connectivity index (χ2n) is 4.62. The van der Waals surface area contributed by atoms with Crippen LogP contribution in [0.5, 0.6) is 5.75 Å². The van der Waals surface area contributed by atoms with Crippen molar-refractivity contribution in [1.29, 1.82) is 0 Å². The standard InChI is InChI=1S/C15H18O2/c1-2-3-6-11-9-12(10-16)15(11)13-7-4-5-8-14(13)17/h4-5,7-8,10-11,17H,2-3,6,9H2,1H3. The van der Waals surface area contributed by atoms with Gasteiger partial charge in [0.15, 0.2) is 0 Å². The molecule has 1 aromatic rings. The molecular formula is C15H18O2. The fourth-order valence-corrected chi connectivity index (χ4v) is 2.51. The van der Waals surface area contributed by atoms with E-state index in [1.807, 2.05) is 12.1 Å². The lowest BCUT2D eigenvalue weighted by molar-refractivity contribution is -0.105. The molecule has 1 aliphatic rings. The van der Waals surface area contributed by atoms with Crippen LogP contribution in [0.4, 0.5) is 0 Å². The van der Waals surface area contributed by atoms with E-state index in [-0.39, 0.29) is 5.75 Å². The normalized spacial score (nSPS) is 19.0. The van der Waals surface area contributed by atoms with Gasteiger partial charge < -0.3 is 5.11 Å². The van der Waals surface area contributed by atoms with Crippen LogP contribution in [0.2, 0.25) is 0 Å². The Hall–Kier alpha value is -1.57. The van der Waals surface area contributed by atoms with E-state index in [4.69, 9.17) is 0 Å². The lowest BCUT2D eigenvalue weighted by Crippen LogP contribution is -2.18. The molecule has 90 valence electrons. The summed E-state index contributed by atoms with van der Waals surface area (Å²) in [6.07, 6.45) is 5.25. The molecule has 0 saturated heterocycles. The lowest BCUT2D eigenvalue weighted by Gasteiger charge is -2.32. The third-order valence-corrected chi connectivity index (χ3v) is 3.46. The molecule has 0 heterocycles. The third kappa shape index (κ3) is 2.26. The van der Waals surface area contributed by atoms with Gasteiger partial charge in [-0.1, -0.05) is 38.0 Å². The van der Waals surface area contributed by atoms with E-state index in [2.05, 4.69) is 6.92 Å². The summed E-state index contributed by atoms with van der Waals surface area (Å²) < 4.78 is 0.